The summed E-state index contributed by atoms with van der Waals surface area (Å²) in [6.45, 7) is 9.15. The lowest BCUT2D eigenvalue weighted by Crippen LogP contribution is -2.03. The largest absolute Gasteiger partial charge is 0.278 e. The lowest BCUT2D eigenvalue weighted by atomic mass is 10.0. The maximum absolute atomic E-state index is 8.36. The Balaban J connectivity index is 1.80. The van der Waals surface area contributed by atoms with Crippen LogP contribution in [0, 0.1) is 16.2 Å². The van der Waals surface area contributed by atoms with E-state index in [0.29, 0.717) is 14.4 Å². The molecule has 3 N–H and O–H groups in total. The maximum atomic E-state index is 8.36. The van der Waals surface area contributed by atoms with Crippen molar-refractivity contribution < 1.29 is 0 Å². The highest BCUT2D eigenvalue weighted by Crippen LogP contribution is 2.32. The van der Waals surface area contributed by atoms with Crippen molar-refractivity contribution in [2.75, 3.05) is 0 Å². The van der Waals surface area contributed by atoms with Crippen molar-refractivity contribution in [3.05, 3.63) is 32.6 Å². The highest BCUT2D eigenvalue weighted by molar-refractivity contribution is 7.04. The lowest BCUT2D eigenvalue weighted by Gasteiger charge is -2.13. The Morgan fingerprint density at radius 1 is 0.476 bits per heavy atom. The summed E-state index contributed by atoms with van der Waals surface area (Å²) in [7, 11) is 0. The quantitative estimate of drug-likeness (QED) is 0.0982. The van der Waals surface area contributed by atoms with Crippen molar-refractivity contribution in [1.29, 1.82) is 16.2 Å². The van der Waals surface area contributed by atoms with Gasteiger partial charge in [-0.25, -0.2) is 0 Å². The van der Waals surface area contributed by atoms with Crippen LogP contribution in [0.25, 0.3) is 34.2 Å². The Bertz CT molecular complexity index is 1390. The Morgan fingerprint density at radius 2 is 0.762 bits per heavy atom. The van der Waals surface area contributed by atoms with Gasteiger partial charge in [-0.3, -0.25) is 28.1 Å². The normalized spacial score (nSPS) is 11.5. The smallest absolute Gasteiger partial charge is 0.219 e. The van der Waals surface area contributed by atoms with Crippen LogP contribution in [0.2, 0.25) is 0 Å². The molecule has 0 unspecified atom stereocenters. The molecule has 0 aliphatic rings. The van der Waals surface area contributed by atoms with Crippen molar-refractivity contribution in [3.8, 4) is 34.2 Å². The zero-order valence-corrected chi connectivity index (χ0v) is 27.7. The second-order valence-corrected chi connectivity index (χ2v) is 13.8. The minimum absolute atomic E-state index is 0.300. The average Bonchev–Trinajstić information content (AvgIpc) is 3.66. The van der Waals surface area contributed by atoms with Crippen LogP contribution in [-0.2, 0) is 19.6 Å². The molecule has 228 valence electrons. The first-order valence-corrected chi connectivity index (χ1v) is 17.8. The molecule has 9 nitrogen and oxygen atoms in total. The van der Waals surface area contributed by atoms with Crippen LogP contribution < -0.4 is 14.4 Å². The van der Waals surface area contributed by atoms with Gasteiger partial charge in [0.05, 0.1) is 0 Å². The van der Waals surface area contributed by atoms with Crippen molar-refractivity contribution in [1.82, 2.24) is 26.8 Å². The van der Waals surface area contributed by atoms with Gasteiger partial charge in [-0.05, 0) is 72.1 Å². The minimum atomic E-state index is 0.300. The molecular weight excluding hydrogens is 583 g/mol. The van der Waals surface area contributed by atoms with Crippen molar-refractivity contribution in [2.45, 2.75) is 117 Å². The van der Waals surface area contributed by atoms with E-state index in [0.717, 1.165) is 92.3 Å². The van der Waals surface area contributed by atoms with Crippen molar-refractivity contribution in [3.63, 3.8) is 0 Å². The monoisotopic (exact) mass is 627 g/mol. The van der Waals surface area contributed by atoms with Gasteiger partial charge >= 0.3 is 0 Å². The fraction of sp³-hybridized carbons (Fsp3) is 0.600. The van der Waals surface area contributed by atoms with Gasteiger partial charge in [0.25, 0.3) is 0 Å². The molecule has 0 saturated heterocycles. The highest BCUT2D eigenvalue weighted by Gasteiger charge is 2.18. The van der Waals surface area contributed by atoms with Gasteiger partial charge in [-0.2, -0.15) is 15.0 Å². The Hall–Kier alpha value is -2.70. The maximum Gasteiger partial charge on any atom is 0.219 e. The number of benzene rings is 1. The van der Waals surface area contributed by atoms with E-state index >= 15 is 0 Å². The molecule has 0 amide bonds. The summed E-state index contributed by atoms with van der Waals surface area (Å²) in [5.74, 6) is 2.36. The molecule has 0 aliphatic carbocycles. The van der Waals surface area contributed by atoms with Crippen LogP contribution in [0.1, 0.15) is 97.8 Å². The molecule has 1 aromatic carbocycles. The van der Waals surface area contributed by atoms with Crippen molar-refractivity contribution in [2.24, 2.45) is 0 Å². The van der Waals surface area contributed by atoms with E-state index < -0.39 is 0 Å². The number of unbranched alkanes of at least 4 members (excludes halogenated alkanes) is 9. The predicted octanol–water partition coefficient (Wildman–Crippen LogP) is 7.64. The van der Waals surface area contributed by atoms with E-state index in [1.807, 2.05) is 0 Å². The Labute approximate surface area is 261 Å². The van der Waals surface area contributed by atoms with Crippen molar-refractivity contribution >= 4 is 34.6 Å². The van der Waals surface area contributed by atoms with E-state index in [1.54, 1.807) is 0 Å². The first kappa shape index (κ1) is 32.2. The number of aromatic nitrogens is 6. The molecule has 0 spiro atoms. The molecular formula is C30H45N9S3. The molecule has 4 aromatic rings. The highest BCUT2D eigenvalue weighted by atomic mass is 32.1. The molecule has 3 aromatic heterocycles. The van der Waals surface area contributed by atoms with E-state index in [9.17, 15) is 0 Å². The van der Waals surface area contributed by atoms with Gasteiger partial charge in [0, 0.05) is 36.3 Å². The zero-order valence-electron chi connectivity index (χ0n) is 25.2. The van der Waals surface area contributed by atoms with Gasteiger partial charge in [0.1, 0.15) is 0 Å². The molecule has 3 heterocycles. The number of hydrogen-bond acceptors (Lipinski definition) is 9. The number of aryl methyl sites for hydroxylation is 3. The molecule has 0 fully saturated rings. The second-order valence-electron chi connectivity index (χ2n) is 10.8. The molecule has 0 aliphatic heterocycles. The summed E-state index contributed by atoms with van der Waals surface area (Å²) in [5.41, 5.74) is 2.76. The first-order chi connectivity index (χ1) is 20.4. The van der Waals surface area contributed by atoms with Crippen LogP contribution >= 0.6 is 34.6 Å². The van der Waals surface area contributed by atoms with Gasteiger partial charge < -0.3 is 0 Å². The molecule has 0 bridgehead atoms. The number of hydrogen-bond donors (Lipinski definition) is 3. The minimum Gasteiger partial charge on any atom is -0.278 e. The van der Waals surface area contributed by atoms with Crippen LogP contribution in [0.5, 0.6) is 0 Å². The van der Waals surface area contributed by atoms with Crippen LogP contribution in [0.3, 0.4) is 0 Å². The van der Waals surface area contributed by atoms with E-state index in [-0.39, 0.29) is 0 Å². The third-order valence-electron chi connectivity index (χ3n) is 7.27. The molecule has 0 saturated carbocycles. The van der Waals surface area contributed by atoms with E-state index in [1.165, 1.54) is 73.1 Å². The number of rotatable bonds is 18. The third kappa shape index (κ3) is 8.67. The summed E-state index contributed by atoms with van der Waals surface area (Å²) in [5, 5.41) is 25.1. The van der Waals surface area contributed by atoms with Gasteiger partial charge in [-0.1, -0.05) is 78.6 Å². The summed E-state index contributed by atoms with van der Waals surface area (Å²) >= 11 is 4.17. The summed E-state index contributed by atoms with van der Waals surface area (Å²) < 4.78 is 6.44. The first-order valence-electron chi connectivity index (χ1n) is 15.5. The average molecular weight is 628 g/mol. The van der Waals surface area contributed by atoms with Gasteiger partial charge in [0.15, 0.2) is 17.5 Å². The summed E-state index contributed by atoms with van der Waals surface area (Å²) in [4.78, 5) is 14.9. The fourth-order valence-electron chi connectivity index (χ4n) is 5.10. The molecule has 12 heteroatoms. The van der Waals surface area contributed by atoms with E-state index in [4.69, 9.17) is 16.2 Å². The molecule has 0 radical (unpaired) electrons. The summed E-state index contributed by atoms with van der Waals surface area (Å²) in [6.07, 6.45) is 13.8. The molecule has 42 heavy (non-hydrogen) atoms. The van der Waals surface area contributed by atoms with Crippen LogP contribution in [-0.4, -0.2) is 26.8 Å². The predicted molar refractivity (Wildman–Crippen MR) is 174 cm³/mol. The second kappa shape index (κ2) is 16.2. The summed E-state index contributed by atoms with van der Waals surface area (Å²) in [6, 6.07) is 6.32. The topological polar surface area (TPSA) is 125 Å². The van der Waals surface area contributed by atoms with Crippen LogP contribution in [0.15, 0.2) is 18.2 Å². The Morgan fingerprint density at radius 3 is 1.02 bits per heavy atom. The van der Waals surface area contributed by atoms with Crippen LogP contribution in [0.4, 0.5) is 0 Å². The number of nitrogens with one attached hydrogen (secondary N) is 3. The molecule has 4 rings (SSSR count). The molecule has 0 atom stereocenters. The Kier molecular flexibility index (Phi) is 12.4. The standard InChI is InChI=1S/C30H45N9S3/c1-4-7-10-13-16-37-25(34-28(31)40-37)22-19-23(26-35-29(32)41-38(26)17-14-11-8-5-2)21-24(20-22)27-36-30(33)42-39(27)18-15-12-9-6-3/h19-21,31-33H,4-18H2,1-3H3. The van der Waals surface area contributed by atoms with Gasteiger partial charge in [-0.15, -0.1) is 0 Å². The third-order valence-corrected chi connectivity index (χ3v) is 9.79. The van der Waals surface area contributed by atoms with Gasteiger partial charge in [0.2, 0.25) is 14.4 Å². The number of nitrogens with zero attached hydrogens (tertiary/aromatic N) is 6. The van der Waals surface area contributed by atoms with E-state index in [2.05, 4.69) is 65.8 Å². The SMILES string of the molecule is CCCCCCn1sc(=N)nc1-c1cc(-c2nc(=N)sn2CCCCCC)cc(-c2nc(=N)sn2CCCCCC)c1. The zero-order chi connectivity index (χ0) is 29.9. The lowest BCUT2D eigenvalue weighted by molar-refractivity contribution is 0.605. The fourth-order valence-corrected chi connectivity index (χ4v) is 7.47.